The van der Waals surface area contributed by atoms with Crippen LogP contribution in [0, 0.1) is 11.7 Å². The van der Waals surface area contributed by atoms with Gasteiger partial charge in [-0.3, -0.25) is 4.90 Å². The van der Waals surface area contributed by atoms with E-state index >= 15 is 0 Å². The highest BCUT2D eigenvalue weighted by molar-refractivity contribution is 5.20. The zero-order chi connectivity index (χ0) is 15.2. The van der Waals surface area contributed by atoms with Crippen LogP contribution in [0.25, 0.3) is 0 Å². The SMILES string of the molecule is C[C@@H](c1ccccc1F)N(C)CC1CCN(CCO)CC1. The van der Waals surface area contributed by atoms with Crippen molar-refractivity contribution < 1.29 is 9.50 Å². The zero-order valence-corrected chi connectivity index (χ0v) is 13.1. The Morgan fingerprint density at radius 3 is 2.62 bits per heavy atom. The summed E-state index contributed by atoms with van der Waals surface area (Å²) in [4.78, 5) is 4.57. The third-order valence-corrected chi connectivity index (χ3v) is 4.69. The highest BCUT2D eigenvalue weighted by Gasteiger charge is 2.23. The smallest absolute Gasteiger partial charge is 0.127 e. The van der Waals surface area contributed by atoms with Crippen LogP contribution in [0.4, 0.5) is 4.39 Å². The molecule has 1 aromatic carbocycles. The Morgan fingerprint density at radius 2 is 2.00 bits per heavy atom. The zero-order valence-electron chi connectivity index (χ0n) is 13.1. The van der Waals surface area contributed by atoms with Gasteiger partial charge in [-0.15, -0.1) is 0 Å². The van der Waals surface area contributed by atoms with Crippen molar-refractivity contribution >= 4 is 0 Å². The van der Waals surface area contributed by atoms with Crippen LogP contribution < -0.4 is 0 Å². The Bertz CT molecular complexity index is 433. The van der Waals surface area contributed by atoms with Gasteiger partial charge in [0.15, 0.2) is 0 Å². The molecule has 0 unspecified atom stereocenters. The molecule has 21 heavy (non-hydrogen) atoms. The largest absolute Gasteiger partial charge is 0.395 e. The van der Waals surface area contributed by atoms with Crippen molar-refractivity contribution in [1.82, 2.24) is 9.80 Å². The number of aliphatic hydroxyl groups is 1. The quantitative estimate of drug-likeness (QED) is 0.873. The van der Waals surface area contributed by atoms with Gasteiger partial charge in [0.2, 0.25) is 0 Å². The van der Waals surface area contributed by atoms with Gasteiger partial charge in [0, 0.05) is 24.7 Å². The van der Waals surface area contributed by atoms with Gasteiger partial charge >= 0.3 is 0 Å². The molecule has 0 radical (unpaired) electrons. The van der Waals surface area contributed by atoms with E-state index in [-0.39, 0.29) is 18.5 Å². The Hall–Kier alpha value is -0.970. The summed E-state index contributed by atoms with van der Waals surface area (Å²) < 4.78 is 13.9. The molecular weight excluding hydrogens is 267 g/mol. The summed E-state index contributed by atoms with van der Waals surface area (Å²) in [6.07, 6.45) is 2.32. The van der Waals surface area contributed by atoms with Crippen LogP contribution in [-0.4, -0.2) is 54.7 Å². The number of hydrogen-bond donors (Lipinski definition) is 1. The van der Waals surface area contributed by atoms with Gasteiger partial charge in [-0.2, -0.15) is 0 Å². The lowest BCUT2D eigenvalue weighted by Crippen LogP contribution is -2.39. The molecule has 1 N–H and O–H groups in total. The average molecular weight is 294 g/mol. The Labute approximate surface area is 127 Å². The van der Waals surface area contributed by atoms with Crippen LogP contribution in [0.15, 0.2) is 24.3 Å². The first-order valence-electron chi connectivity index (χ1n) is 7.89. The Kier molecular flexibility index (Phi) is 6.15. The fraction of sp³-hybridized carbons (Fsp3) is 0.647. The predicted molar refractivity (Wildman–Crippen MR) is 83.7 cm³/mol. The number of piperidine rings is 1. The molecule has 1 heterocycles. The van der Waals surface area contributed by atoms with E-state index in [0.717, 1.165) is 44.6 Å². The summed E-state index contributed by atoms with van der Waals surface area (Å²) in [6.45, 7) is 6.23. The number of nitrogens with zero attached hydrogens (tertiary/aromatic N) is 2. The monoisotopic (exact) mass is 294 g/mol. The lowest BCUT2D eigenvalue weighted by atomic mass is 9.95. The number of rotatable bonds is 6. The molecule has 118 valence electrons. The molecule has 0 aliphatic carbocycles. The fourth-order valence-corrected chi connectivity index (χ4v) is 3.15. The molecule has 4 heteroatoms. The highest BCUT2D eigenvalue weighted by atomic mass is 19.1. The molecule has 0 amide bonds. The molecule has 1 atom stereocenters. The number of β-amino-alcohol motifs (C(OH)–C–C–N with tert-alkyl or cyclic N) is 1. The molecule has 0 aromatic heterocycles. The average Bonchev–Trinajstić information content (AvgIpc) is 2.49. The highest BCUT2D eigenvalue weighted by Crippen LogP contribution is 2.25. The lowest BCUT2D eigenvalue weighted by molar-refractivity contribution is 0.120. The topological polar surface area (TPSA) is 26.7 Å². The van der Waals surface area contributed by atoms with Gasteiger partial charge in [0.25, 0.3) is 0 Å². The minimum Gasteiger partial charge on any atom is -0.395 e. The molecule has 1 saturated heterocycles. The maximum Gasteiger partial charge on any atom is 0.127 e. The predicted octanol–water partition coefficient (Wildman–Crippen LogP) is 2.52. The second-order valence-electron chi connectivity index (χ2n) is 6.15. The van der Waals surface area contributed by atoms with Gasteiger partial charge in [-0.1, -0.05) is 18.2 Å². The van der Waals surface area contributed by atoms with Crippen molar-refractivity contribution in [3.05, 3.63) is 35.6 Å². The molecule has 1 aliphatic rings. The van der Waals surface area contributed by atoms with E-state index in [9.17, 15) is 4.39 Å². The van der Waals surface area contributed by atoms with Crippen molar-refractivity contribution in [2.45, 2.75) is 25.8 Å². The molecule has 0 spiro atoms. The third-order valence-electron chi connectivity index (χ3n) is 4.69. The molecule has 3 nitrogen and oxygen atoms in total. The fourth-order valence-electron chi connectivity index (χ4n) is 3.15. The van der Waals surface area contributed by atoms with Crippen LogP contribution in [0.5, 0.6) is 0 Å². The van der Waals surface area contributed by atoms with Crippen LogP contribution >= 0.6 is 0 Å². The van der Waals surface area contributed by atoms with Gasteiger partial charge < -0.3 is 10.0 Å². The van der Waals surface area contributed by atoms with E-state index in [4.69, 9.17) is 5.11 Å². The molecule has 0 saturated carbocycles. The maximum atomic E-state index is 13.9. The standard InChI is InChI=1S/C17H27FN2O/c1-14(16-5-3-4-6-17(16)18)19(2)13-15-7-9-20(10-8-15)11-12-21/h3-6,14-15,21H,7-13H2,1-2H3/t14-/m0/s1. The van der Waals surface area contributed by atoms with Crippen molar-refractivity contribution in [3.63, 3.8) is 0 Å². The van der Waals surface area contributed by atoms with Crippen LogP contribution in [0.1, 0.15) is 31.4 Å². The van der Waals surface area contributed by atoms with Crippen LogP contribution in [0.3, 0.4) is 0 Å². The molecule has 2 rings (SSSR count). The van der Waals surface area contributed by atoms with E-state index in [1.165, 1.54) is 6.07 Å². The molecule has 0 bridgehead atoms. The molecule has 1 fully saturated rings. The number of likely N-dealkylation sites (tertiary alicyclic amines) is 1. The summed E-state index contributed by atoms with van der Waals surface area (Å²) in [5.74, 6) is 0.550. The molecule has 1 aromatic rings. The Balaban J connectivity index is 1.85. The van der Waals surface area contributed by atoms with Gasteiger partial charge in [-0.05, 0) is 51.9 Å². The minimum absolute atomic E-state index is 0.0988. The van der Waals surface area contributed by atoms with Gasteiger partial charge in [0.05, 0.1) is 6.61 Å². The van der Waals surface area contributed by atoms with E-state index in [2.05, 4.69) is 23.8 Å². The van der Waals surface area contributed by atoms with E-state index in [1.807, 2.05) is 12.1 Å². The first-order valence-corrected chi connectivity index (χ1v) is 7.89. The van der Waals surface area contributed by atoms with Crippen molar-refractivity contribution in [3.8, 4) is 0 Å². The summed E-state index contributed by atoms with van der Waals surface area (Å²) >= 11 is 0. The number of halogens is 1. The van der Waals surface area contributed by atoms with Crippen molar-refractivity contribution in [2.75, 3.05) is 39.8 Å². The number of hydrogen-bond acceptors (Lipinski definition) is 3. The second-order valence-corrected chi connectivity index (χ2v) is 6.15. The third kappa shape index (κ3) is 4.50. The van der Waals surface area contributed by atoms with Crippen LogP contribution in [-0.2, 0) is 0 Å². The summed E-state index contributed by atoms with van der Waals surface area (Å²) in [6, 6.07) is 7.15. The lowest BCUT2D eigenvalue weighted by Gasteiger charge is -2.35. The van der Waals surface area contributed by atoms with E-state index < -0.39 is 0 Å². The summed E-state index contributed by atoms with van der Waals surface area (Å²) in [5.41, 5.74) is 0.776. The first-order chi connectivity index (χ1) is 10.1. The maximum absolute atomic E-state index is 13.9. The van der Waals surface area contributed by atoms with Gasteiger partial charge in [-0.25, -0.2) is 4.39 Å². The Morgan fingerprint density at radius 1 is 1.33 bits per heavy atom. The summed E-state index contributed by atoms with van der Waals surface area (Å²) in [5, 5.41) is 8.97. The first kappa shape index (κ1) is 16.4. The van der Waals surface area contributed by atoms with Crippen molar-refractivity contribution in [1.29, 1.82) is 0 Å². The summed E-state index contributed by atoms with van der Waals surface area (Å²) in [7, 11) is 2.08. The van der Waals surface area contributed by atoms with E-state index in [1.54, 1.807) is 6.07 Å². The van der Waals surface area contributed by atoms with Crippen LogP contribution in [0.2, 0.25) is 0 Å². The second kappa shape index (κ2) is 7.87. The molecule has 1 aliphatic heterocycles. The molecular formula is C17H27FN2O. The number of benzene rings is 1. The van der Waals surface area contributed by atoms with Gasteiger partial charge in [0.1, 0.15) is 5.82 Å². The van der Waals surface area contributed by atoms with E-state index in [0.29, 0.717) is 5.92 Å². The minimum atomic E-state index is -0.116. The van der Waals surface area contributed by atoms with Crippen molar-refractivity contribution in [2.24, 2.45) is 5.92 Å². The number of aliphatic hydroxyl groups excluding tert-OH is 1. The normalized spacial score (nSPS) is 19.1.